The van der Waals surface area contributed by atoms with Gasteiger partial charge in [0.1, 0.15) is 17.5 Å². The first-order valence-electron chi connectivity index (χ1n) is 10.0. The summed E-state index contributed by atoms with van der Waals surface area (Å²) in [5.74, 6) is 1.61. The summed E-state index contributed by atoms with van der Waals surface area (Å²) in [5.41, 5.74) is 5.65. The number of nitrogens with zero attached hydrogens (tertiary/aromatic N) is 2. The first kappa shape index (κ1) is 20.3. The molecule has 1 aliphatic rings. The van der Waals surface area contributed by atoms with Gasteiger partial charge < -0.3 is 24.3 Å². The summed E-state index contributed by atoms with van der Waals surface area (Å²) in [5, 5.41) is 4.17. The third-order valence-corrected chi connectivity index (χ3v) is 5.99. The number of ether oxygens (including phenoxy) is 2. The van der Waals surface area contributed by atoms with Crippen molar-refractivity contribution >= 4 is 23.0 Å². The SMILES string of the molecule is COc1ccc(OC)c(C2c3cccn3CCN2C(=S)Nc2ccc(C)cc2C)c1. The van der Waals surface area contributed by atoms with Gasteiger partial charge in [0.2, 0.25) is 0 Å². The molecule has 1 unspecified atom stereocenters. The minimum Gasteiger partial charge on any atom is -0.497 e. The third kappa shape index (κ3) is 3.75. The smallest absolute Gasteiger partial charge is 0.174 e. The van der Waals surface area contributed by atoms with Crippen LogP contribution in [0.25, 0.3) is 0 Å². The van der Waals surface area contributed by atoms with Gasteiger partial charge in [-0.15, -0.1) is 0 Å². The van der Waals surface area contributed by atoms with Crippen molar-refractivity contribution in [3.8, 4) is 11.5 Å². The summed E-state index contributed by atoms with van der Waals surface area (Å²) in [6.07, 6.45) is 2.12. The Bertz CT molecular complexity index is 1080. The van der Waals surface area contributed by atoms with E-state index in [-0.39, 0.29) is 6.04 Å². The second-order valence-electron chi connectivity index (χ2n) is 7.58. The van der Waals surface area contributed by atoms with Crippen LogP contribution in [0, 0.1) is 13.8 Å². The lowest BCUT2D eigenvalue weighted by atomic mass is 9.98. The van der Waals surface area contributed by atoms with Crippen LogP contribution in [0.15, 0.2) is 54.7 Å². The van der Waals surface area contributed by atoms with E-state index in [4.69, 9.17) is 21.7 Å². The van der Waals surface area contributed by atoms with E-state index in [1.165, 1.54) is 16.8 Å². The number of rotatable bonds is 4. The molecule has 1 aromatic heterocycles. The maximum atomic E-state index is 5.90. The summed E-state index contributed by atoms with van der Waals surface area (Å²) in [7, 11) is 3.38. The molecule has 30 heavy (non-hydrogen) atoms. The van der Waals surface area contributed by atoms with Gasteiger partial charge in [-0.3, -0.25) is 0 Å². The van der Waals surface area contributed by atoms with Gasteiger partial charge in [-0.2, -0.15) is 0 Å². The molecule has 4 rings (SSSR count). The van der Waals surface area contributed by atoms with Crippen LogP contribution in [-0.4, -0.2) is 35.3 Å². The molecule has 0 amide bonds. The lowest BCUT2D eigenvalue weighted by Crippen LogP contribution is -2.44. The van der Waals surface area contributed by atoms with Crippen LogP contribution in [0.3, 0.4) is 0 Å². The molecule has 6 heteroatoms. The van der Waals surface area contributed by atoms with Gasteiger partial charge in [-0.25, -0.2) is 0 Å². The molecule has 156 valence electrons. The molecule has 1 N–H and O–H groups in total. The lowest BCUT2D eigenvalue weighted by molar-refractivity contribution is 0.284. The summed E-state index contributed by atoms with van der Waals surface area (Å²) in [6, 6.07) is 16.4. The van der Waals surface area contributed by atoms with Crippen LogP contribution in [0.2, 0.25) is 0 Å². The molecular formula is C24H27N3O2S. The normalized spacial score (nSPS) is 15.5. The van der Waals surface area contributed by atoms with Gasteiger partial charge >= 0.3 is 0 Å². The van der Waals surface area contributed by atoms with Crippen molar-refractivity contribution in [1.29, 1.82) is 0 Å². The monoisotopic (exact) mass is 421 g/mol. The topological polar surface area (TPSA) is 38.7 Å². The summed E-state index contributed by atoms with van der Waals surface area (Å²) < 4.78 is 13.5. The van der Waals surface area contributed by atoms with E-state index in [0.29, 0.717) is 5.11 Å². The van der Waals surface area contributed by atoms with Crippen molar-refractivity contribution in [2.75, 3.05) is 26.1 Å². The molecule has 0 spiro atoms. The van der Waals surface area contributed by atoms with Crippen molar-refractivity contribution in [3.63, 3.8) is 0 Å². The van der Waals surface area contributed by atoms with Crippen molar-refractivity contribution in [3.05, 3.63) is 77.1 Å². The number of hydrogen-bond acceptors (Lipinski definition) is 3. The number of methoxy groups -OCH3 is 2. The highest BCUT2D eigenvalue weighted by Crippen LogP contribution is 2.39. The van der Waals surface area contributed by atoms with Gasteiger partial charge in [0.05, 0.1) is 14.2 Å². The number of anilines is 1. The van der Waals surface area contributed by atoms with Crippen molar-refractivity contribution in [2.45, 2.75) is 26.4 Å². The molecule has 1 aliphatic heterocycles. The standard InChI is InChI=1S/C24H27N3O2S/c1-16-7-9-20(17(2)14-16)25-24(30)27-13-12-26-11-5-6-21(26)23(27)19-15-18(28-3)8-10-22(19)29-4/h5-11,14-15,23H,12-13H2,1-4H3,(H,25,30). The predicted molar refractivity (Wildman–Crippen MR) is 125 cm³/mol. The lowest BCUT2D eigenvalue weighted by Gasteiger charge is -2.39. The minimum atomic E-state index is -0.0791. The van der Waals surface area contributed by atoms with Gasteiger partial charge in [-0.1, -0.05) is 17.7 Å². The number of thiocarbonyl (C=S) groups is 1. The minimum absolute atomic E-state index is 0.0791. The number of aromatic nitrogens is 1. The molecule has 5 nitrogen and oxygen atoms in total. The van der Waals surface area contributed by atoms with E-state index < -0.39 is 0 Å². The van der Waals surface area contributed by atoms with Gasteiger partial charge in [0, 0.05) is 36.2 Å². The van der Waals surface area contributed by atoms with Gasteiger partial charge in [0.25, 0.3) is 0 Å². The van der Waals surface area contributed by atoms with Crippen LogP contribution in [-0.2, 0) is 6.54 Å². The predicted octanol–water partition coefficient (Wildman–Crippen LogP) is 4.92. The maximum absolute atomic E-state index is 5.90. The highest BCUT2D eigenvalue weighted by atomic mass is 32.1. The van der Waals surface area contributed by atoms with Crippen LogP contribution in [0.1, 0.15) is 28.4 Å². The molecule has 2 heterocycles. The van der Waals surface area contributed by atoms with Crippen molar-refractivity contribution < 1.29 is 9.47 Å². The Morgan fingerprint density at radius 3 is 2.60 bits per heavy atom. The maximum Gasteiger partial charge on any atom is 0.174 e. The fraction of sp³-hybridized carbons (Fsp3) is 0.292. The summed E-state index contributed by atoms with van der Waals surface area (Å²) in [6.45, 7) is 5.87. The van der Waals surface area contributed by atoms with E-state index in [2.05, 4.69) is 65.2 Å². The number of aryl methyl sites for hydroxylation is 2. The van der Waals surface area contributed by atoms with Crippen molar-refractivity contribution in [1.82, 2.24) is 9.47 Å². The molecule has 0 saturated heterocycles. The van der Waals surface area contributed by atoms with E-state index in [0.717, 1.165) is 35.8 Å². The van der Waals surface area contributed by atoms with E-state index in [1.54, 1.807) is 14.2 Å². The Morgan fingerprint density at radius 1 is 1.03 bits per heavy atom. The zero-order valence-corrected chi connectivity index (χ0v) is 18.6. The van der Waals surface area contributed by atoms with Crippen LogP contribution >= 0.6 is 12.2 Å². The molecule has 3 aromatic rings. The number of fused-ring (bicyclic) bond motifs is 1. The average molecular weight is 422 g/mol. The highest BCUT2D eigenvalue weighted by molar-refractivity contribution is 7.80. The molecule has 0 fully saturated rings. The Balaban J connectivity index is 1.75. The summed E-state index contributed by atoms with van der Waals surface area (Å²) in [4.78, 5) is 2.24. The zero-order chi connectivity index (χ0) is 21.3. The first-order valence-corrected chi connectivity index (χ1v) is 10.4. The van der Waals surface area contributed by atoms with Crippen molar-refractivity contribution in [2.24, 2.45) is 0 Å². The van der Waals surface area contributed by atoms with Crippen LogP contribution in [0.5, 0.6) is 11.5 Å². The second kappa shape index (κ2) is 8.40. The van der Waals surface area contributed by atoms with E-state index in [1.807, 2.05) is 18.2 Å². The Hall–Kier alpha value is -2.99. The van der Waals surface area contributed by atoms with Crippen LogP contribution in [0.4, 0.5) is 5.69 Å². The fourth-order valence-corrected chi connectivity index (χ4v) is 4.43. The Labute approximate surface area is 183 Å². The van der Waals surface area contributed by atoms with E-state index in [9.17, 15) is 0 Å². The molecular weight excluding hydrogens is 394 g/mol. The second-order valence-corrected chi connectivity index (χ2v) is 7.97. The van der Waals surface area contributed by atoms with Gasteiger partial charge in [-0.05, 0) is 68.0 Å². The first-order chi connectivity index (χ1) is 14.5. The Kier molecular flexibility index (Phi) is 5.68. The fourth-order valence-electron chi connectivity index (χ4n) is 4.12. The quantitative estimate of drug-likeness (QED) is 0.605. The largest absolute Gasteiger partial charge is 0.497 e. The molecule has 0 bridgehead atoms. The molecule has 0 saturated carbocycles. The number of benzene rings is 2. The number of hydrogen-bond donors (Lipinski definition) is 1. The molecule has 0 aliphatic carbocycles. The molecule has 2 aromatic carbocycles. The summed E-state index contributed by atoms with van der Waals surface area (Å²) >= 11 is 5.90. The average Bonchev–Trinajstić information content (AvgIpc) is 3.23. The van der Waals surface area contributed by atoms with Gasteiger partial charge in [0.15, 0.2) is 5.11 Å². The zero-order valence-electron chi connectivity index (χ0n) is 17.8. The highest BCUT2D eigenvalue weighted by Gasteiger charge is 2.33. The number of nitrogens with one attached hydrogen (secondary N) is 1. The molecule has 1 atom stereocenters. The molecule has 0 radical (unpaired) electrons. The van der Waals surface area contributed by atoms with E-state index >= 15 is 0 Å². The third-order valence-electron chi connectivity index (χ3n) is 5.65. The van der Waals surface area contributed by atoms with Crippen LogP contribution < -0.4 is 14.8 Å². The Morgan fingerprint density at radius 2 is 1.87 bits per heavy atom.